The Morgan fingerprint density at radius 1 is 0.864 bits per heavy atom. The molecule has 0 bridgehead atoms. The number of benzene rings is 2. The van der Waals surface area contributed by atoms with E-state index in [1.54, 1.807) is 0 Å². The Labute approximate surface area is 133 Å². The molecule has 0 unspecified atom stereocenters. The topological polar surface area (TPSA) is 3.24 Å². The zero-order valence-electron chi connectivity index (χ0n) is 12.8. The van der Waals surface area contributed by atoms with Crippen LogP contribution in [-0.4, -0.2) is 18.0 Å². The Hall–Kier alpha value is -2.56. The van der Waals surface area contributed by atoms with Crippen molar-refractivity contribution in [1.29, 1.82) is 0 Å². The lowest BCUT2D eigenvalue weighted by atomic mass is 10.0. The summed E-state index contributed by atoms with van der Waals surface area (Å²) in [6, 6.07) is 20.4. The average Bonchev–Trinajstić information content (AvgIpc) is 2.57. The van der Waals surface area contributed by atoms with Crippen molar-refractivity contribution in [2.45, 2.75) is 6.04 Å². The van der Waals surface area contributed by atoms with Gasteiger partial charge in [0.05, 0.1) is 6.04 Å². The molecule has 22 heavy (non-hydrogen) atoms. The second-order valence-corrected chi connectivity index (χ2v) is 4.98. The van der Waals surface area contributed by atoms with E-state index in [-0.39, 0.29) is 6.04 Å². The lowest BCUT2D eigenvalue weighted by Crippen LogP contribution is -2.28. The summed E-state index contributed by atoms with van der Waals surface area (Å²) in [6.45, 7) is 9.25. The molecule has 0 saturated carbocycles. The molecule has 0 heterocycles. The van der Waals surface area contributed by atoms with E-state index in [4.69, 9.17) is 0 Å². The van der Waals surface area contributed by atoms with Crippen molar-refractivity contribution >= 4 is 0 Å². The van der Waals surface area contributed by atoms with E-state index in [1.807, 2.05) is 60.7 Å². The first kappa shape index (κ1) is 15.8. The van der Waals surface area contributed by atoms with E-state index >= 15 is 0 Å². The Balaban J connectivity index is 2.35. The summed E-state index contributed by atoms with van der Waals surface area (Å²) >= 11 is 0. The van der Waals surface area contributed by atoms with Gasteiger partial charge in [-0.1, -0.05) is 72.5 Å². The first-order chi connectivity index (χ1) is 10.8. The van der Waals surface area contributed by atoms with E-state index in [0.29, 0.717) is 0 Å². The normalized spacial score (nSPS) is 11.3. The highest BCUT2D eigenvalue weighted by atomic mass is 15.1. The van der Waals surface area contributed by atoms with E-state index in [9.17, 15) is 0 Å². The quantitative estimate of drug-likeness (QED) is 0.560. The number of rotatable bonds is 6. The molecular weight excluding hydrogens is 266 g/mol. The van der Waals surface area contributed by atoms with Crippen LogP contribution in [0.1, 0.15) is 17.2 Å². The minimum atomic E-state index is 0.0254. The molecular formula is C21H21N. The Morgan fingerprint density at radius 3 is 1.95 bits per heavy atom. The third kappa shape index (κ3) is 4.48. The molecule has 0 radical (unpaired) electrons. The lowest BCUT2D eigenvalue weighted by Gasteiger charge is -2.26. The van der Waals surface area contributed by atoms with Crippen LogP contribution < -0.4 is 0 Å². The van der Waals surface area contributed by atoms with Crippen molar-refractivity contribution in [2.75, 3.05) is 13.1 Å². The molecule has 1 heteroatoms. The maximum absolute atomic E-state index is 3.85. The molecule has 0 fully saturated rings. The van der Waals surface area contributed by atoms with Crippen LogP contribution in [0.4, 0.5) is 0 Å². The second kappa shape index (κ2) is 8.67. The first-order valence-corrected chi connectivity index (χ1v) is 7.42. The van der Waals surface area contributed by atoms with E-state index in [0.717, 1.165) is 18.7 Å². The molecule has 0 N–H and O–H groups in total. The van der Waals surface area contributed by atoms with E-state index in [1.165, 1.54) is 5.56 Å². The third-order valence-electron chi connectivity index (χ3n) is 3.33. The van der Waals surface area contributed by atoms with Crippen molar-refractivity contribution in [3.8, 4) is 11.8 Å². The number of hydrogen-bond acceptors (Lipinski definition) is 1. The molecule has 0 spiro atoms. The van der Waals surface area contributed by atoms with Crippen LogP contribution in [0.2, 0.25) is 0 Å². The van der Waals surface area contributed by atoms with Gasteiger partial charge in [0.15, 0.2) is 0 Å². The maximum atomic E-state index is 3.85. The van der Waals surface area contributed by atoms with Gasteiger partial charge in [-0.25, -0.2) is 0 Å². The second-order valence-electron chi connectivity index (χ2n) is 4.98. The highest BCUT2D eigenvalue weighted by Gasteiger charge is 2.15. The highest BCUT2D eigenvalue weighted by molar-refractivity contribution is 5.37. The summed E-state index contributed by atoms with van der Waals surface area (Å²) in [6.07, 6.45) is 3.81. The van der Waals surface area contributed by atoms with Crippen LogP contribution in [0, 0.1) is 11.8 Å². The van der Waals surface area contributed by atoms with Gasteiger partial charge < -0.3 is 0 Å². The predicted molar refractivity (Wildman–Crippen MR) is 94.5 cm³/mol. The average molecular weight is 287 g/mol. The van der Waals surface area contributed by atoms with Gasteiger partial charge >= 0.3 is 0 Å². The van der Waals surface area contributed by atoms with Crippen LogP contribution in [0.3, 0.4) is 0 Å². The summed E-state index contributed by atoms with van der Waals surface area (Å²) < 4.78 is 0. The molecule has 110 valence electrons. The summed E-state index contributed by atoms with van der Waals surface area (Å²) in [5, 5.41) is 0. The summed E-state index contributed by atoms with van der Waals surface area (Å²) in [5.74, 6) is 6.68. The minimum absolute atomic E-state index is 0.0254. The van der Waals surface area contributed by atoms with Crippen molar-refractivity contribution in [3.05, 3.63) is 97.1 Å². The Morgan fingerprint density at radius 2 is 1.41 bits per heavy atom. The van der Waals surface area contributed by atoms with E-state index in [2.05, 4.69) is 42.0 Å². The molecule has 2 aromatic rings. The van der Waals surface area contributed by atoms with Crippen LogP contribution >= 0.6 is 0 Å². The molecule has 2 rings (SSSR count). The van der Waals surface area contributed by atoms with Gasteiger partial charge in [-0.2, -0.15) is 0 Å². The van der Waals surface area contributed by atoms with Gasteiger partial charge in [0.1, 0.15) is 0 Å². The van der Waals surface area contributed by atoms with Crippen LogP contribution in [0.25, 0.3) is 0 Å². The Kier molecular flexibility index (Phi) is 6.23. The molecule has 0 aliphatic carbocycles. The summed E-state index contributed by atoms with van der Waals surface area (Å²) in [4.78, 5) is 2.26. The van der Waals surface area contributed by atoms with Crippen molar-refractivity contribution < 1.29 is 0 Å². The monoisotopic (exact) mass is 287 g/mol. The maximum Gasteiger partial charge on any atom is 0.0979 e. The molecule has 2 aromatic carbocycles. The largest absolute Gasteiger partial charge is 0.279 e. The smallest absolute Gasteiger partial charge is 0.0979 e. The van der Waals surface area contributed by atoms with Crippen LogP contribution in [0.15, 0.2) is 86.0 Å². The van der Waals surface area contributed by atoms with Gasteiger partial charge in [-0.3, -0.25) is 4.90 Å². The highest BCUT2D eigenvalue weighted by Crippen LogP contribution is 2.20. The van der Waals surface area contributed by atoms with Gasteiger partial charge in [0, 0.05) is 18.7 Å². The molecule has 0 aromatic heterocycles. The van der Waals surface area contributed by atoms with E-state index < -0.39 is 0 Å². The van der Waals surface area contributed by atoms with Crippen molar-refractivity contribution in [3.63, 3.8) is 0 Å². The zero-order valence-corrected chi connectivity index (χ0v) is 12.8. The fourth-order valence-corrected chi connectivity index (χ4v) is 2.31. The van der Waals surface area contributed by atoms with Crippen LogP contribution in [0.5, 0.6) is 0 Å². The standard InChI is InChI=1S/C21H21N/c1-3-17-22(18-4-2)21(20-13-9-6-10-14-20)16-15-19-11-7-5-8-12-19/h3-14,21H,1-2,17-18H2/t21-/m0/s1. The van der Waals surface area contributed by atoms with Gasteiger partial charge in [0.2, 0.25) is 0 Å². The SMILES string of the molecule is C=CCN(CC=C)[C@@H](C#Cc1ccccc1)c1ccccc1. The lowest BCUT2D eigenvalue weighted by molar-refractivity contribution is 0.293. The van der Waals surface area contributed by atoms with Crippen molar-refractivity contribution in [2.24, 2.45) is 0 Å². The molecule has 0 aliphatic rings. The van der Waals surface area contributed by atoms with Gasteiger partial charge in [-0.05, 0) is 17.7 Å². The molecule has 0 saturated heterocycles. The molecule has 0 amide bonds. The fraction of sp³-hybridized carbons (Fsp3) is 0.143. The summed E-state index contributed by atoms with van der Waals surface area (Å²) in [5.41, 5.74) is 2.22. The number of nitrogens with zero attached hydrogens (tertiary/aromatic N) is 1. The zero-order chi connectivity index (χ0) is 15.6. The molecule has 1 atom stereocenters. The predicted octanol–water partition coefficient (Wildman–Crippen LogP) is 4.45. The van der Waals surface area contributed by atoms with Crippen LogP contribution in [-0.2, 0) is 0 Å². The fourth-order valence-electron chi connectivity index (χ4n) is 2.31. The van der Waals surface area contributed by atoms with Crippen molar-refractivity contribution in [1.82, 2.24) is 4.90 Å². The minimum Gasteiger partial charge on any atom is -0.279 e. The Bertz CT molecular complexity index is 637. The van der Waals surface area contributed by atoms with Gasteiger partial charge in [0.25, 0.3) is 0 Å². The molecule has 1 nitrogen and oxygen atoms in total. The van der Waals surface area contributed by atoms with Gasteiger partial charge in [-0.15, -0.1) is 13.2 Å². The third-order valence-corrected chi connectivity index (χ3v) is 3.33. The number of hydrogen-bond donors (Lipinski definition) is 0. The molecule has 0 aliphatic heterocycles. The summed E-state index contributed by atoms with van der Waals surface area (Å²) in [7, 11) is 0. The first-order valence-electron chi connectivity index (χ1n) is 7.42.